The number of β-amino-alcohol motifs (C(OH)–C–C–N with tert-alkyl or cyclic N) is 1. The van der Waals surface area contributed by atoms with E-state index in [1.54, 1.807) is 6.20 Å². The van der Waals surface area contributed by atoms with E-state index in [2.05, 4.69) is 4.98 Å². The fourth-order valence-electron chi connectivity index (χ4n) is 3.06. The number of aromatic nitrogens is 2. The van der Waals surface area contributed by atoms with Gasteiger partial charge in [-0.15, -0.1) is 0 Å². The number of hydrogen-bond acceptors (Lipinski definition) is 5. The number of likely N-dealkylation sites (tertiary alicyclic amines) is 1. The van der Waals surface area contributed by atoms with Gasteiger partial charge in [0.2, 0.25) is 0 Å². The molecule has 114 valence electrons. The third-order valence-electron chi connectivity index (χ3n) is 4.14. The van der Waals surface area contributed by atoms with Gasteiger partial charge < -0.3 is 19.3 Å². The monoisotopic (exact) mass is 293 g/mol. The van der Waals surface area contributed by atoms with Crippen LogP contribution in [0.5, 0.6) is 0 Å². The molecular formula is C14H19N3O4. The Morgan fingerprint density at radius 3 is 2.95 bits per heavy atom. The van der Waals surface area contributed by atoms with Crippen LogP contribution in [0, 0.1) is 0 Å². The summed E-state index contributed by atoms with van der Waals surface area (Å²) in [4.78, 5) is 30.1. The Labute approximate surface area is 122 Å². The number of carbonyl (C=O) groups is 2. The quantitative estimate of drug-likeness (QED) is 0.774. The maximum absolute atomic E-state index is 12.6. The predicted octanol–water partition coefficient (Wildman–Crippen LogP) is -0.0322. The Morgan fingerprint density at radius 1 is 1.43 bits per heavy atom. The van der Waals surface area contributed by atoms with Crippen molar-refractivity contribution in [2.45, 2.75) is 44.4 Å². The standard InChI is InChI=1S/C14H19N3O4/c1-21-14(20)11-6-9(18)7-17(11)13(19)10-8-16-5-3-2-4-12(16)15-10/h8-9,11,18H,2-7H2,1H3/t9-,11+/m1/s1. The second-order valence-electron chi connectivity index (χ2n) is 5.58. The number of aryl methyl sites for hydroxylation is 2. The lowest BCUT2D eigenvalue weighted by molar-refractivity contribution is -0.145. The molecule has 0 spiro atoms. The van der Waals surface area contributed by atoms with Crippen LogP contribution < -0.4 is 0 Å². The molecule has 0 aromatic carbocycles. The minimum absolute atomic E-state index is 0.140. The van der Waals surface area contributed by atoms with Gasteiger partial charge in [0.25, 0.3) is 5.91 Å². The van der Waals surface area contributed by atoms with Gasteiger partial charge in [-0.05, 0) is 12.8 Å². The number of aliphatic hydroxyl groups excluding tert-OH is 1. The second kappa shape index (κ2) is 5.48. The number of hydrogen-bond donors (Lipinski definition) is 1. The smallest absolute Gasteiger partial charge is 0.328 e. The van der Waals surface area contributed by atoms with Crippen molar-refractivity contribution in [2.24, 2.45) is 0 Å². The summed E-state index contributed by atoms with van der Waals surface area (Å²) in [6.45, 7) is 1.01. The first kappa shape index (κ1) is 14.1. The Morgan fingerprint density at radius 2 is 2.24 bits per heavy atom. The van der Waals surface area contributed by atoms with Crippen molar-refractivity contribution < 1.29 is 19.4 Å². The summed E-state index contributed by atoms with van der Waals surface area (Å²) in [5.41, 5.74) is 0.343. The van der Waals surface area contributed by atoms with Gasteiger partial charge in [-0.1, -0.05) is 0 Å². The highest BCUT2D eigenvalue weighted by Gasteiger charge is 2.40. The van der Waals surface area contributed by atoms with Gasteiger partial charge in [0.1, 0.15) is 17.6 Å². The molecule has 1 amide bonds. The van der Waals surface area contributed by atoms with Crippen LogP contribution in [0.25, 0.3) is 0 Å². The minimum atomic E-state index is -0.726. The molecule has 0 aliphatic carbocycles. The minimum Gasteiger partial charge on any atom is -0.467 e. The highest BCUT2D eigenvalue weighted by atomic mass is 16.5. The zero-order chi connectivity index (χ0) is 15.0. The van der Waals surface area contributed by atoms with Crippen LogP contribution in [-0.4, -0.2) is 57.2 Å². The van der Waals surface area contributed by atoms with Gasteiger partial charge in [0.05, 0.1) is 13.2 Å². The third-order valence-corrected chi connectivity index (χ3v) is 4.14. The van der Waals surface area contributed by atoms with Crippen molar-refractivity contribution >= 4 is 11.9 Å². The topological polar surface area (TPSA) is 84.7 Å². The van der Waals surface area contributed by atoms with Crippen molar-refractivity contribution in [3.63, 3.8) is 0 Å². The summed E-state index contributed by atoms with van der Waals surface area (Å²) < 4.78 is 6.71. The number of esters is 1. The molecule has 7 nitrogen and oxygen atoms in total. The van der Waals surface area contributed by atoms with Gasteiger partial charge in [-0.2, -0.15) is 0 Å². The van der Waals surface area contributed by atoms with E-state index in [9.17, 15) is 14.7 Å². The summed E-state index contributed by atoms with van der Waals surface area (Å²) in [6.07, 6.45) is 4.30. The maximum Gasteiger partial charge on any atom is 0.328 e. The van der Waals surface area contributed by atoms with Crippen LogP contribution in [-0.2, 0) is 22.5 Å². The maximum atomic E-state index is 12.6. The molecule has 3 rings (SSSR count). The van der Waals surface area contributed by atoms with Crippen LogP contribution in [0.4, 0.5) is 0 Å². The van der Waals surface area contributed by atoms with Gasteiger partial charge in [0, 0.05) is 32.1 Å². The number of methoxy groups -OCH3 is 1. The molecule has 0 bridgehead atoms. The highest BCUT2D eigenvalue weighted by molar-refractivity contribution is 5.95. The molecule has 2 aliphatic heterocycles. The van der Waals surface area contributed by atoms with E-state index in [4.69, 9.17) is 4.74 Å². The molecule has 1 saturated heterocycles. The summed E-state index contributed by atoms with van der Waals surface area (Å²) in [5, 5.41) is 9.75. The second-order valence-corrected chi connectivity index (χ2v) is 5.58. The average molecular weight is 293 g/mol. The number of aliphatic hydroxyl groups is 1. The number of amides is 1. The zero-order valence-electron chi connectivity index (χ0n) is 12.0. The van der Waals surface area contributed by atoms with Crippen molar-refractivity contribution in [3.05, 3.63) is 17.7 Å². The molecule has 0 radical (unpaired) electrons. The van der Waals surface area contributed by atoms with E-state index >= 15 is 0 Å². The Bertz CT molecular complexity index is 545. The van der Waals surface area contributed by atoms with Crippen molar-refractivity contribution in [1.29, 1.82) is 0 Å². The van der Waals surface area contributed by atoms with E-state index in [1.165, 1.54) is 12.0 Å². The number of imidazole rings is 1. The molecule has 7 heteroatoms. The van der Waals surface area contributed by atoms with Crippen LogP contribution in [0.3, 0.4) is 0 Å². The SMILES string of the molecule is COC(=O)[C@@H]1C[C@@H](O)CN1C(=O)c1cn2c(n1)CCCC2. The van der Waals surface area contributed by atoms with Crippen molar-refractivity contribution in [1.82, 2.24) is 14.5 Å². The van der Waals surface area contributed by atoms with E-state index < -0.39 is 18.1 Å². The van der Waals surface area contributed by atoms with Crippen molar-refractivity contribution in [2.75, 3.05) is 13.7 Å². The molecule has 1 aromatic rings. The molecule has 0 unspecified atom stereocenters. The first-order valence-corrected chi connectivity index (χ1v) is 7.23. The van der Waals surface area contributed by atoms with Crippen LogP contribution in [0.15, 0.2) is 6.20 Å². The average Bonchev–Trinajstić information content (AvgIpc) is 3.09. The molecule has 3 heterocycles. The van der Waals surface area contributed by atoms with Gasteiger partial charge >= 0.3 is 5.97 Å². The first-order valence-electron chi connectivity index (χ1n) is 7.23. The molecule has 1 N–H and O–H groups in total. The zero-order valence-corrected chi connectivity index (χ0v) is 12.0. The predicted molar refractivity (Wildman–Crippen MR) is 72.6 cm³/mol. The van der Waals surface area contributed by atoms with Gasteiger partial charge in [-0.3, -0.25) is 4.79 Å². The fourth-order valence-corrected chi connectivity index (χ4v) is 3.06. The van der Waals surface area contributed by atoms with Crippen LogP contribution in [0.1, 0.15) is 35.6 Å². The Kier molecular flexibility index (Phi) is 3.67. The lowest BCUT2D eigenvalue weighted by atomic mass is 10.2. The Balaban J connectivity index is 1.83. The largest absolute Gasteiger partial charge is 0.467 e. The Hall–Kier alpha value is -1.89. The van der Waals surface area contributed by atoms with E-state index in [-0.39, 0.29) is 18.9 Å². The van der Waals surface area contributed by atoms with E-state index in [1.807, 2.05) is 4.57 Å². The van der Waals surface area contributed by atoms with E-state index in [0.717, 1.165) is 31.6 Å². The third kappa shape index (κ3) is 2.53. The normalized spacial score (nSPS) is 24.8. The molecule has 2 aliphatic rings. The number of fused-ring (bicyclic) bond motifs is 1. The summed E-state index contributed by atoms with van der Waals surface area (Å²) in [6, 6.07) is -0.726. The molecule has 2 atom stereocenters. The molecule has 21 heavy (non-hydrogen) atoms. The number of rotatable bonds is 2. The number of carbonyl (C=O) groups excluding carboxylic acids is 2. The number of nitrogens with zero attached hydrogens (tertiary/aromatic N) is 3. The van der Waals surface area contributed by atoms with Crippen LogP contribution >= 0.6 is 0 Å². The fraction of sp³-hybridized carbons (Fsp3) is 0.643. The van der Waals surface area contributed by atoms with Crippen LogP contribution in [0.2, 0.25) is 0 Å². The summed E-state index contributed by atoms with van der Waals surface area (Å²) in [7, 11) is 1.28. The number of ether oxygens (including phenoxy) is 1. The van der Waals surface area contributed by atoms with E-state index in [0.29, 0.717) is 5.69 Å². The lowest BCUT2D eigenvalue weighted by Gasteiger charge is -2.21. The molecule has 1 fully saturated rings. The van der Waals surface area contributed by atoms with Gasteiger partial charge in [-0.25, -0.2) is 9.78 Å². The van der Waals surface area contributed by atoms with Crippen molar-refractivity contribution in [3.8, 4) is 0 Å². The summed E-state index contributed by atoms with van der Waals surface area (Å²) in [5.74, 6) is 0.103. The lowest BCUT2D eigenvalue weighted by Crippen LogP contribution is -2.41. The first-order chi connectivity index (χ1) is 10.1. The molecule has 0 saturated carbocycles. The van der Waals surface area contributed by atoms with Gasteiger partial charge in [0.15, 0.2) is 0 Å². The summed E-state index contributed by atoms with van der Waals surface area (Å²) >= 11 is 0. The molecule has 1 aromatic heterocycles. The highest BCUT2D eigenvalue weighted by Crippen LogP contribution is 2.22. The molecular weight excluding hydrogens is 274 g/mol.